The number of likely N-dealkylation sites (tertiary alicyclic amines) is 1. The van der Waals surface area contributed by atoms with Crippen molar-refractivity contribution in [1.82, 2.24) is 4.90 Å². The highest BCUT2D eigenvalue weighted by molar-refractivity contribution is 7.80. The van der Waals surface area contributed by atoms with E-state index in [9.17, 15) is 4.79 Å². The van der Waals surface area contributed by atoms with E-state index in [0.29, 0.717) is 23.6 Å². The smallest absolute Gasteiger partial charge is 0.253 e. The molecule has 0 aromatic heterocycles. The van der Waals surface area contributed by atoms with E-state index in [1.165, 1.54) is 0 Å². The summed E-state index contributed by atoms with van der Waals surface area (Å²) >= 11 is 5.03. The molecular weight excluding hydrogens is 284 g/mol. The molecule has 0 atom stereocenters. The van der Waals surface area contributed by atoms with E-state index in [1.54, 1.807) is 0 Å². The second kappa shape index (κ2) is 6.89. The molecule has 1 aromatic carbocycles. The van der Waals surface area contributed by atoms with E-state index in [1.807, 2.05) is 43.0 Å². The van der Waals surface area contributed by atoms with Gasteiger partial charge < -0.3 is 15.4 Å². The molecule has 21 heavy (non-hydrogen) atoms. The van der Waals surface area contributed by atoms with Crippen LogP contribution in [0.1, 0.15) is 37.0 Å². The predicted octanol–water partition coefficient (Wildman–Crippen LogP) is 2.61. The van der Waals surface area contributed by atoms with Crippen LogP contribution in [0.25, 0.3) is 0 Å². The van der Waals surface area contributed by atoms with Gasteiger partial charge >= 0.3 is 0 Å². The highest BCUT2D eigenvalue weighted by Gasteiger charge is 2.25. The van der Waals surface area contributed by atoms with Crippen molar-refractivity contribution < 1.29 is 9.53 Å². The summed E-state index contributed by atoms with van der Waals surface area (Å²) in [6.45, 7) is 5.34. The summed E-state index contributed by atoms with van der Waals surface area (Å²) in [5.74, 6) is 1.04. The molecule has 1 aliphatic rings. The Hall–Kier alpha value is -1.62. The molecule has 1 aromatic rings. The Labute approximate surface area is 131 Å². The Morgan fingerprint density at radius 1 is 1.38 bits per heavy atom. The van der Waals surface area contributed by atoms with E-state index < -0.39 is 0 Å². The Morgan fingerprint density at radius 3 is 2.62 bits per heavy atom. The van der Waals surface area contributed by atoms with Crippen LogP contribution in [-0.2, 0) is 0 Å². The molecule has 0 radical (unpaired) electrons. The monoisotopic (exact) mass is 306 g/mol. The molecule has 0 unspecified atom stereocenters. The van der Waals surface area contributed by atoms with Crippen LogP contribution in [0.15, 0.2) is 24.3 Å². The molecule has 0 aliphatic carbocycles. The summed E-state index contributed by atoms with van der Waals surface area (Å²) in [7, 11) is 0. The zero-order chi connectivity index (χ0) is 15.4. The van der Waals surface area contributed by atoms with E-state index in [-0.39, 0.29) is 17.9 Å². The van der Waals surface area contributed by atoms with Crippen LogP contribution < -0.4 is 10.5 Å². The highest BCUT2D eigenvalue weighted by Crippen LogP contribution is 2.21. The number of rotatable bonds is 4. The molecule has 1 aliphatic heterocycles. The molecule has 1 heterocycles. The molecule has 0 bridgehead atoms. The summed E-state index contributed by atoms with van der Waals surface area (Å²) in [5, 5.41) is 0. The summed E-state index contributed by atoms with van der Waals surface area (Å²) < 4.78 is 5.64. The van der Waals surface area contributed by atoms with E-state index in [4.69, 9.17) is 22.7 Å². The standard InChI is InChI=1S/C16H22N2O2S/c1-11(2)20-14-5-3-4-13(10-14)16(19)18-8-6-12(7-9-18)15(17)21/h3-5,10-12H,6-9H2,1-2H3,(H2,17,21). The van der Waals surface area contributed by atoms with Gasteiger partial charge in [-0.1, -0.05) is 18.3 Å². The molecule has 114 valence electrons. The van der Waals surface area contributed by atoms with Crippen molar-refractivity contribution in [2.75, 3.05) is 13.1 Å². The summed E-state index contributed by atoms with van der Waals surface area (Å²) in [5.41, 5.74) is 6.35. The number of amides is 1. The Kier molecular flexibility index (Phi) is 5.17. The van der Waals surface area contributed by atoms with Crippen LogP contribution in [0.5, 0.6) is 5.75 Å². The second-order valence-corrected chi connectivity index (χ2v) is 6.13. The third kappa shape index (κ3) is 4.17. The van der Waals surface area contributed by atoms with Crippen LogP contribution in [-0.4, -0.2) is 35.0 Å². The zero-order valence-electron chi connectivity index (χ0n) is 12.5. The van der Waals surface area contributed by atoms with Crippen LogP contribution in [0.4, 0.5) is 0 Å². The van der Waals surface area contributed by atoms with Crippen molar-refractivity contribution in [3.63, 3.8) is 0 Å². The molecule has 5 heteroatoms. The van der Waals surface area contributed by atoms with E-state index >= 15 is 0 Å². The Morgan fingerprint density at radius 2 is 2.05 bits per heavy atom. The van der Waals surface area contributed by atoms with Gasteiger partial charge in [0.2, 0.25) is 0 Å². The molecule has 1 saturated heterocycles. The third-order valence-electron chi connectivity index (χ3n) is 3.64. The molecule has 0 saturated carbocycles. The van der Waals surface area contributed by atoms with Gasteiger partial charge in [0.15, 0.2) is 0 Å². The maximum Gasteiger partial charge on any atom is 0.253 e. The van der Waals surface area contributed by atoms with Gasteiger partial charge in [0, 0.05) is 24.6 Å². The van der Waals surface area contributed by atoms with Crippen LogP contribution >= 0.6 is 12.2 Å². The maximum absolute atomic E-state index is 12.5. The summed E-state index contributed by atoms with van der Waals surface area (Å²) in [6.07, 6.45) is 1.80. The van der Waals surface area contributed by atoms with Crippen LogP contribution in [0, 0.1) is 5.92 Å². The number of nitrogens with zero attached hydrogens (tertiary/aromatic N) is 1. The lowest BCUT2D eigenvalue weighted by atomic mass is 9.96. The SMILES string of the molecule is CC(C)Oc1cccc(C(=O)N2CCC(C(N)=S)CC2)c1. The molecule has 2 N–H and O–H groups in total. The van der Waals surface area contributed by atoms with Gasteiger partial charge in [-0.3, -0.25) is 4.79 Å². The van der Waals surface area contributed by atoms with Crippen molar-refractivity contribution >= 4 is 23.1 Å². The van der Waals surface area contributed by atoms with Gasteiger partial charge in [-0.2, -0.15) is 0 Å². The van der Waals surface area contributed by atoms with Gasteiger partial charge in [0.25, 0.3) is 5.91 Å². The minimum absolute atomic E-state index is 0.0468. The van der Waals surface area contributed by atoms with Crippen molar-refractivity contribution in [2.24, 2.45) is 11.7 Å². The Balaban J connectivity index is 2.02. The number of thiocarbonyl (C=S) groups is 1. The van der Waals surface area contributed by atoms with Crippen molar-refractivity contribution in [3.8, 4) is 5.75 Å². The third-order valence-corrected chi connectivity index (χ3v) is 3.97. The van der Waals surface area contributed by atoms with E-state index in [2.05, 4.69) is 0 Å². The summed E-state index contributed by atoms with van der Waals surface area (Å²) in [4.78, 5) is 14.9. The number of nitrogens with two attached hydrogens (primary N) is 1. The lowest BCUT2D eigenvalue weighted by Crippen LogP contribution is -2.41. The molecular formula is C16H22N2O2S. The number of carbonyl (C=O) groups excluding carboxylic acids is 1. The van der Waals surface area contributed by atoms with Crippen molar-refractivity contribution in [1.29, 1.82) is 0 Å². The molecule has 0 spiro atoms. The quantitative estimate of drug-likeness (QED) is 0.869. The fourth-order valence-corrected chi connectivity index (χ4v) is 2.76. The Bertz CT molecular complexity index is 523. The van der Waals surface area contributed by atoms with Crippen molar-refractivity contribution in [3.05, 3.63) is 29.8 Å². The fourth-order valence-electron chi connectivity index (χ4n) is 2.52. The van der Waals surface area contributed by atoms with Gasteiger partial charge in [-0.05, 0) is 44.9 Å². The average Bonchev–Trinajstić information content (AvgIpc) is 2.46. The maximum atomic E-state index is 12.5. The lowest BCUT2D eigenvalue weighted by molar-refractivity contribution is 0.0709. The number of ether oxygens (including phenoxy) is 1. The van der Waals surface area contributed by atoms with Crippen molar-refractivity contribution in [2.45, 2.75) is 32.8 Å². The molecule has 2 rings (SSSR count). The molecule has 1 fully saturated rings. The number of piperidine rings is 1. The number of benzene rings is 1. The van der Waals surface area contributed by atoms with Gasteiger partial charge in [0.1, 0.15) is 5.75 Å². The first-order valence-electron chi connectivity index (χ1n) is 7.32. The van der Waals surface area contributed by atoms with Gasteiger partial charge in [-0.15, -0.1) is 0 Å². The highest BCUT2D eigenvalue weighted by atomic mass is 32.1. The van der Waals surface area contributed by atoms with Crippen LogP contribution in [0.2, 0.25) is 0 Å². The minimum Gasteiger partial charge on any atom is -0.491 e. The zero-order valence-corrected chi connectivity index (χ0v) is 13.4. The normalized spacial score (nSPS) is 16.0. The first-order chi connectivity index (χ1) is 9.97. The predicted molar refractivity (Wildman–Crippen MR) is 87.6 cm³/mol. The first kappa shape index (κ1) is 15.8. The molecule has 1 amide bonds. The molecule has 4 nitrogen and oxygen atoms in total. The topological polar surface area (TPSA) is 55.6 Å². The minimum atomic E-state index is 0.0468. The first-order valence-corrected chi connectivity index (χ1v) is 7.73. The fraction of sp³-hybridized carbons (Fsp3) is 0.500. The number of hydrogen-bond acceptors (Lipinski definition) is 3. The lowest BCUT2D eigenvalue weighted by Gasteiger charge is -2.31. The van der Waals surface area contributed by atoms with Gasteiger partial charge in [0.05, 0.1) is 11.1 Å². The van der Waals surface area contributed by atoms with Gasteiger partial charge in [-0.25, -0.2) is 0 Å². The largest absolute Gasteiger partial charge is 0.491 e. The average molecular weight is 306 g/mol. The number of carbonyl (C=O) groups is 1. The number of hydrogen-bond donors (Lipinski definition) is 1. The summed E-state index contributed by atoms with van der Waals surface area (Å²) in [6, 6.07) is 7.36. The van der Waals surface area contributed by atoms with E-state index in [0.717, 1.165) is 18.6 Å². The van der Waals surface area contributed by atoms with Crippen LogP contribution in [0.3, 0.4) is 0 Å². The second-order valence-electron chi connectivity index (χ2n) is 5.66.